The van der Waals surface area contributed by atoms with Crippen LogP contribution < -0.4 is 0 Å². The lowest BCUT2D eigenvalue weighted by Crippen LogP contribution is -1.93. The first kappa shape index (κ1) is 13.7. The summed E-state index contributed by atoms with van der Waals surface area (Å²) in [4.78, 5) is 21.2. The number of hydrogen-bond acceptors (Lipinski definition) is 3. The molecule has 0 amide bonds. The van der Waals surface area contributed by atoms with Crippen LogP contribution in [-0.2, 0) is 14.3 Å². The molecule has 0 saturated heterocycles. The van der Waals surface area contributed by atoms with E-state index >= 15 is 0 Å². The first-order valence-electron chi connectivity index (χ1n) is 5.36. The van der Waals surface area contributed by atoms with E-state index in [1.807, 2.05) is 24.3 Å². The SMILES string of the molecule is COC(=O)/C=C/c1ccc(C=CCC(=O)O)cc1. The Morgan fingerprint density at radius 3 is 2.22 bits per heavy atom. The summed E-state index contributed by atoms with van der Waals surface area (Å²) in [5.41, 5.74) is 1.78. The van der Waals surface area contributed by atoms with E-state index in [0.29, 0.717) is 0 Å². The van der Waals surface area contributed by atoms with Crippen molar-refractivity contribution < 1.29 is 19.4 Å². The van der Waals surface area contributed by atoms with E-state index in [1.165, 1.54) is 13.2 Å². The van der Waals surface area contributed by atoms with E-state index in [4.69, 9.17) is 5.11 Å². The summed E-state index contributed by atoms with van der Waals surface area (Å²) in [6, 6.07) is 7.35. The third kappa shape index (κ3) is 5.12. The van der Waals surface area contributed by atoms with Crippen LogP contribution in [0.25, 0.3) is 12.2 Å². The fraction of sp³-hybridized carbons (Fsp3) is 0.143. The molecule has 94 valence electrons. The lowest BCUT2D eigenvalue weighted by Gasteiger charge is -1.96. The van der Waals surface area contributed by atoms with Gasteiger partial charge in [-0.15, -0.1) is 0 Å². The standard InChI is InChI=1S/C14H14O4/c1-18-14(17)10-9-12-7-5-11(6-8-12)3-2-4-13(15)16/h2-3,5-10H,4H2,1H3,(H,15,16)/b3-2?,10-9+. The molecule has 18 heavy (non-hydrogen) atoms. The van der Waals surface area contributed by atoms with Crippen molar-refractivity contribution in [2.24, 2.45) is 0 Å². The Bertz CT molecular complexity index is 469. The van der Waals surface area contributed by atoms with Crippen molar-refractivity contribution in [3.8, 4) is 0 Å². The minimum absolute atomic E-state index is 0.00396. The summed E-state index contributed by atoms with van der Waals surface area (Å²) in [5.74, 6) is -1.26. The number of aliphatic carboxylic acids is 1. The van der Waals surface area contributed by atoms with E-state index in [1.54, 1.807) is 18.2 Å². The number of rotatable bonds is 5. The topological polar surface area (TPSA) is 63.6 Å². The Kier molecular flexibility index (Phi) is 5.38. The van der Waals surface area contributed by atoms with Crippen molar-refractivity contribution in [3.05, 3.63) is 47.5 Å². The van der Waals surface area contributed by atoms with Crippen LogP contribution >= 0.6 is 0 Å². The number of carbonyl (C=O) groups excluding carboxylic acids is 1. The molecule has 4 nitrogen and oxygen atoms in total. The third-order valence-corrected chi connectivity index (χ3v) is 2.15. The largest absolute Gasteiger partial charge is 0.481 e. The number of carboxylic acids is 1. The molecule has 0 aliphatic carbocycles. The van der Waals surface area contributed by atoms with Crippen molar-refractivity contribution in [2.45, 2.75) is 6.42 Å². The second-order valence-electron chi connectivity index (χ2n) is 3.52. The Balaban J connectivity index is 2.62. The Morgan fingerprint density at radius 2 is 1.72 bits per heavy atom. The normalized spacial score (nSPS) is 10.9. The molecule has 0 aromatic heterocycles. The van der Waals surface area contributed by atoms with Gasteiger partial charge < -0.3 is 9.84 Å². The average Bonchev–Trinajstić information content (AvgIpc) is 2.37. The predicted molar refractivity (Wildman–Crippen MR) is 68.8 cm³/mol. The van der Waals surface area contributed by atoms with Gasteiger partial charge in [-0.05, 0) is 17.2 Å². The highest BCUT2D eigenvalue weighted by atomic mass is 16.5. The van der Waals surface area contributed by atoms with Crippen LogP contribution in [0.15, 0.2) is 36.4 Å². The molecular formula is C14H14O4. The van der Waals surface area contributed by atoms with E-state index in [9.17, 15) is 9.59 Å². The lowest BCUT2D eigenvalue weighted by molar-refractivity contribution is -0.136. The minimum atomic E-state index is -0.858. The highest BCUT2D eigenvalue weighted by Gasteiger charge is 1.93. The molecule has 0 heterocycles. The summed E-state index contributed by atoms with van der Waals surface area (Å²) in [6.45, 7) is 0. The molecule has 0 aliphatic rings. The van der Waals surface area contributed by atoms with Gasteiger partial charge in [-0.25, -0.2) is 4.79 Å². The van der Waals surface area contributed by atoms with Gasteiger partial charge in [0, 0.05) is 6.08 Å². The van der Waals surface area contributed by atoms with E-state index in [-0.39, 0.29) is 6.42 Å². The van der Waals surface area contributed by atoms with Crippen molar-refractivity contribution in [1.29, 1.82) is 0 Å². The molecule has 1 aromatic carbocycles. The first-order valence-corrected chi connectivity index (χ1v) is 5.36. The number of hydrogen-bond donors (Lipinski definition) is 1. The zero-order valence-corrected chi connectivity index (χ0v) is 10.00. The van der Waals surface area contributed by atoms with Gasteiger partial charge in [0.15, 0.2) is 0 Å². The van der Waals surface area contributed by atoms with Gasteiger partial charge in [0.1, 0.15) is 0 Å². The summed E-state index contributed by atoms with van der Waals surface area (Å²) in [6.07, 6.45) is 6.32. The number of methoxy groups -OCH3 is 1. The molecule has 0 unspecified atom stereocenters. The van der Waals surface area contributed by atoms with Gasteiger partial charge in [-0.2, -0.15) is 0 Å². The maximum absolute atomic E-state index is 10.9. The van der Waals surface area contributed by atoms with Crippen molar-refractivity contribution in [2.75, 3.05) is 7.11 Å². The lowest BCUT2D eigenvalue weighted by atomic mass is 10.1. The van der Waals surface area contributed by atoms with Crippen LogP contribution in [0.4, 0.5) is 0 Å². The predicted octanol–water partition coefficient (Wildman–Crippen LogP) is 2.36. The maximum Gasteiger partial charge on any atom is 0.330 e. The van der Waals surface area contributed by atoms with Gasteiger partial charge in [0.05, 0.1) is 13.5 Å². The van der Waals surface area contributed by atoms with Gasteiger partial charge in [-0.3, -0.25) is 4.79 Å². The smallest absolute Gasteiger partial charge is 0.330 e. The molecule has 4 heteroatoms. The zero-order valence-electron chi connectivity index (χ0n) is 10.00. The molecule has 1 aromatic rings. The van der Waals surface area contributed by atoms with Crippen LogP contribution in [0.3, 0.4) is 0 Å². The van der Waals surface area contributed by atoms with Gasteiger partial charge in [0.25, 0.3) is 0 Å². The molecule has 0 atom stereocenters. The first-order chi connectivity index (χ1) is 8.61. The van der Waals surface area contributed by atoms with Crippen molar-refractivity contribution in [1.82, 2.24) is 0 Å². The van der Waals surface area contributed by atoms with Crippen LogP contribution in [0, 0.1) is 0 Å². The van der Waals surface area contributed by atoms with Crippen molar-refractivity contribution in [3.63, 3.8) is 0 Å². The highest BCUT2D eigenvalue weighted by Crippen LogP contribution is 2.08. The molecule has 1 N–H and O–H groups in total. The van der Waals surface area contributed by atoms with Gasteiger partial charge >= 0.3 is 11.9 Å². The van der Waals surface area contributed by atoms with Gasteiger partial charge in [0.2, 0.25) is 0 Å². The quantitative estimate of drug-likeness (QED) is 0.640. The third-order valence-electron chi connectivity index (χ3n) is 2.15. The number of benzene rings is 1. The fourth-order valence-corrected chi connectivity index (χ4v) is 1.25. The molecule has 1 rings (SSSR count). The van der Waals surface area contributed by atoms with Crippen LogP contribution in [0.2, 0.25) is 0 Å². The highest BCUT2D eigenvalue weighted by molar-refractivity contribution is 5.86. The number of ether oxygens (including phenoxy) is 1. The molecule has 0 aliphatic heterocycles. The van der Waals surface area contributed by atoms with E-state index in [0.717, 1.165) is 11.1 Å². The molecule has 0 bridgehead atoms. The van der Waals surface area contributed by atoms with E-state index in [2.05, 4.69) is 4.74 Å². The Hall–Kier alpha value is -2.36. The second kappa shape index (κ2) is 7.06. The summed E-state index contributed by atoms with van der Waals surface area (Å²) in [5, 5.41) is 8.48. The Labute approximate surface area is 105 Å². The Morgan fingerprint density at radius 1 is 1.17 bits per heavy atom. The summed E-state index contributed by atoms with van der Waals surface area (Å²) in [7, 11) is 1.32. The average molecular weight is 246 g/mol. The van der Waals surface area contributed by atoms with Crippen LogP contribution in [0.1, 0.15) is 17.5 Å². The molecule has 0 saturated carbocycles. The zero-order chi connectivity index (χ0) is 13.4. The summed E-state index contributed by atoms with van der Waals surface area (Å²) >= 11 is 0. The van der Waals surface area contributed by atoms with Crippen LogP contribution in [-0.4, -0.2) is 24.2 Å². The van der Waals surface area contributed by atoms with Crippen molar-refractivity contribution >= 4 is 24.1 Å². The second-order valence-corrected chi connectivity index (χ2v) is 3.52. The van der Waals surface area contributed by atoms with Crippen LogP contribution in [0.5, 0.6) is 0 Å². The molecule has 0 radical (unpaired) electrons. The fourth-order valence-electron chi connectivity index (χ4n) is 1.25. The molecule has 0 fully saturated rings. The van der Waals surface area contributed by atoms with Gasteiger partial charge in [-0.1, -0.05) is 36.4 Å². The summed E-state index contributed by atoms with van der Waals surface area (Å²) < 4.78 is 4.48. The monoisotopic (exact) mass is 246 g/mol. The number of esters is 1. The molecule has 0 spiro atoms. The maximum atomic E-state index is 10.9. The minimum Gasteiger partial charge on any atom is -0.481 e. The van der Waals surface area contributed by atoms with E-state index < -0.39 is 11.9 Å². The molecular weight excluding hydrogens is 232 g/mol. The number of carbonyl (C=O) groups is 2. The number of carboxylic acid groups (broad SMARTS) is 1.